The van der Waals surface area contributed by atoms with E-state index in [0.29, 0.717) is 45.8 Å². The molecule has 2 aromatic carbocycles. The Kier molecular flexibility index (Phi) is 6.09. The Balaban J connectivity index is 2.10. The Morgan fingerprint density at radius 3 is 2.13 bits per heavy atom. The maximum atomic E-state index is 12.0. The molecular weight excluding hydrogens is 410 g/mol. The zero-order valence-electron chi connectivity index (χ0n) is 16.7. The highest BCUT2D eigenvalue weighted by Gasteiger charge is 2.20. The molecule has 0 bridgehead atoms. The van der Waals surface area contributed by atoms with Crippen LogP contribution in [0.5, 0.6) is 17.2 Å². The molecule has 0 aliphatic carbocycles. The summed E-state index contributed by atoms with van der Waals surface area (Å²) in [7, 11) is 0.727. The Hall–Kier alpha value is -3.37. The second-order valence-corrected chi connectivity index (χ2v) is 7.88. The minimum absolute atomic E-state index is 0.00678. The zero-order chi connectivity index (χ0) is 21.9. The average molecular weight is 431 g/mol. The van der Waals surface area contributed by atoms with Crippen LogP contribution in [0.4, 0.5) is 5.69 Å². The van der Waals surface area contributed by atoms with E-state index in [0.717, 1.165) is 0 Å². The van der Waals surface area contributed by atoms with Crippen molar-refractivity contribution in [1.82, 2.24) is 4.98 Å². The first-order valence-corrected chi connectivity index (χ1v) is 10.3. The molecular formula is C20H21N3O6S. The molecule has 2 N–H and O–H groups in total. The molecule has 0 fully saturated rings. The van der Waals surface area contributed by atoms with Crippen molar-refractivity contribution in [2.24, 2.45) is 5.14 Å². The molecule has 3 aromatic rings. The van der Waals surface area contributed by atoms with E-state index < -0.39 is 10.0 Å². The summed E-state index contributed by atoms with van der Waals surface area (Å²) in [6, 6.07) is 9.40. The van der Waals surface area contributed by atoms with Gasteiger partial charge in [0.15, 0.2) is 17.2 Å². The molecule has 0 saturated carbocycles. The molecule has 1 aromatic heterocycles. The van der Waals surface area contributed by atoms with Gasteiger partial charge in [-0.15, -0.1) is 0 Å². The SMILES string of the molecule is COc1cc2ncc(OC)c(N(C=O)Cc3ccc(S(N)(=O)=O)cc3)c2cc1OC. The summed E-state index contributed by atoms with van der Waals surface area (Å²) in [5, 5.41) is 5.76. The number of methoxy groups -OCH3 is 3. The number of hydrogen-bond acceptors (Lipinski definition) is 7. The monoisotopic (exact) mass is 431 g/mol. The summed E-state index contributed by atoms with van der Waals surface area (Å²) >= 11 is 0. The quantitative estimate of drug-likeness (QED) is 0.542. The molecule has 10 heteroatoms. The normalized spacial score (nSPS) is 11.2. The van der Waals surface area contributed by atoms with E-state index in [2.05, 4.69) is 4.98 Å². The van der Waals surface area contributed by atoms with Gasteiger partial charge in [0.25, 0.3) is 0 Å². The van der Waals surface area contributed by atoms with Gasteiger partial charge in [0.1, 0.15) is 0 Å². The number of anilines is 1. The summed E-state index contributed by atoms with van der Waals surface area (Å²) in [5.74, 6) is 1.37. The minimum Gasteiger partial charge on any atom is -0.493 e. The Labute approximate surface area is 174 Å². The lowest BCUT2D eigenvalue weighted by atomic mass is 10.1. The summed E-state index contributed by atoms with van der Waals surface area (Å²) in [6.45, 7) is 0.165. The van der Waals surface area contributed by atoms with E-state index in [-0.39, 0.29) is 11.4 Å². The fourth-order valence-corrected chi connectivity index (χ4v) is 3.60. The van der Waals surface area contributed by atoms with Gasteiger partial charge in [-0.25, -0.2) is 13.6 Å². The first kappa shape index (κ1) is 21.3. The number of fused-ring (bicyclic) bond motifs is 1. The van der Waals surface area contributed by atoms with Gasteiger partial charge in [-0.05, 0) is 23.8 Å². The van der Waals surface area contributed by atoms with Crippen molar-refractivity contribution in [3.8, 4) is 17.2 Å². The van der Waals surface area contributed by atoms with Gasteiger partial charge >= 0.3 is 0 Å². The Morgan fingerprint density at radius 2 is 1.60 bits per heavy atom. The van der Waals surface area contributed by atoms with Gasteiger partial charge in [0.05, 0.1) is 50.2 Å². The third-order valence-corrected chi connectivity index (χ3v) is 5.48. The van der Waals surface area contributed by atoms with Gasteiger partial charge < -0.3 is 19.1 Å². The van der Waals surface area contributed by atoms with Crippen LogP contribution in [0, 0.1) is 0 Å². The average Bonchev–Trinajstić information content (AvgIpc) is 2.75. The number of nitrogens with zero attached hydrogens (tertiary/aromatic N) is 2. The standard InChI is InChI=1S/C20H21N3O6S/c1-27-17-8-15-16(9-18(17)28-2)22-10-19(29-3)20(15)23(12-24)11-13-4-6-14(7-5-13)30(21,25)26/h4-10,12H,11H2,1-3H3,(H2,21,25,26). The Bertz CT molecular complexity index is 1180. The van der Waals surface area contributed by atoms with Crippen LogP contribution in [0.1, 0.15) is 5.56 Å². The zero-order valence-corrected chi connectivity index (χ0v) is 17.5. The van der Waals surface area contributed by atoms with Crippen molar-refractivity contribution in [3.05, 3.63) is 48.2 Å². The van der Waals surface area contributed by atoms with Crippen molar-refractivity contribution in [3.63, 3.8) is 0 Å². The van der Waals surface area contributed by atoms with E-state index in [1.807, 2.05) is 0 Å². The number of nitrogens with two attached hydrogens (primary N) is 1. The maximum Gasteiger partial charge on any atom is 0.238 e. The van der Waals surface area contributed by atoms with E-state index in [1.165, 1.54) is 44.6 Å². The number of carbonyl (C=O) groups is 1. The van der Waals surface area contributed by atoms with Crippen LogP contribution in [-0.4, -0.2) is 41.1 Å². The molecule has 1 heterocycles. The van der Waals surface area contributed by atoms with E-state index >= 15 is 0 Å². The topological polar surface area (TPSA) is 121 Å². The molecule has 0 saturated heterocycles. The van der Waals surface area contributed by atoms with Crippen LogP contribution in [0.15, 0.2) is 47.5 Å². The van der Waals surface area contributed by atoms with Gasteiger partial charge in [-0.2, -0.15) is 0 Å². The molecule has 30 heavy (non-hydrogen) atoms. The molecule has 9 nitrogen and oxygen atoms in total. The lowest BCUT2D eigenvalue weighted by molar-refractivity contribution is -0.107. The number of benzene rings is 2. The predicted molar refractivity (Wildman–Crippen MR) is 111 cm³/mol. The van der Waals surface area contributed by atoms with Crippen LogP contribution >= 0.6 is 0 Å². The first-order chi connectivity index (χ1) is 14.3. The lowest BCUT2D eigenvalue weighted by Crippen LogP contribution is -2.21. The molecule has 3 rings (SSSR count). The fraction of sp³-hybridized carbons (Fsp3) is 0.200. The molecule has 0 spiro atoms. The lowest BCUT2D eigenvalue weighted by Gasteiger charge is -2.22. The van der Waals surface area contributed by atoms with Crippen LogP contribution in [-0.2, 0) is 21.4 Å². The largest absolute Gasteiger partial charge is 0.493 e. The van der Waals surface area contributed by atoms with Crippen LogP contribution in [0.25, 0.3) is 10.9 Å². The second-order valence-electron chi connectivity index (χ2n) is 6.32. The van der Waals surface area contributed by atoms with Crippen molar-refractivity contribution in [1.29, 1.82) is 0 Å². The minimum atomic E-state index is -3.80. The number of pyridine rings is 1. The first-order valence-electron chi connectivity index (χ1n) is 8.74. The predicted octanol–water partition coefficient (Wildman–Crippen LogP) is 2.07. The number of hydrogen-bond donors (Lipinski definition) is 1. The van der Waals surface area contributed by atoms with E-state index in [4.69, 9.17) is 19.3 Å². The van der Waals surface area contributed by atoms with Crippen LogP contribution < -0.4 is 24.2 Å². The van der Waals surface area contributed by atoms with E-state index in [1.54, 1.807) is 24.3 Å². The number of primary sulfonamides is 1. The molecule has 0 aliphatic heterocycles. The van der Waals surface area contributed by atoms with E-state index in [9.17, 15) is 13.2 Å². The Morgan fingerprint density at radius 1 is 1.00 bits per heavy atom. The molecule has 0 aliphatic rings. The third-order valence-electron chi connectivity index (χ3n) is 4.55. The van der Waals surface area contributed by atoms with Crippen molar-refractivity contribution >= 4 is 33.0 Å². The molecule has 0 unspecified atom stereocenters. The highest BCUT2D eigenvalue weighted by atomic mass is 32.2. The molecule has 158 valence electrons. The highest BCUT2D eigenvalue weighted by molar-refractivity contribution is 7.89. The van der Waals surface area contributed by atoms with Gasteiger partial charge in [0, 0.05) is 11.5 Å². The number of ether oxygens (including phenoxy) is 3. The summed E-state index contributed by atoms with van der Waals surface area (Å²) < 4.78 is 39.0. The fourth-order valence-electron chi connectivity index (χ4n) is 3.08. The maximum absolute atomic E-state index is 12.0. The van der Waals surface area contributed by atoms with Gasteiger partial charge in [0.2, 0.25) is 16.4 Å². The number of sulfonamides is 1. The number of aromatic nitrogens is 1. The smallest absolute Gasteiger partial charge is 0.238 e. The highest BCUT2D eigenvalue weighted by Crippen LogP contribution is 2.40. The summed E-state index contributed by atoms with van der Waals surface area (Å²) in [6.07, 6.45) is 2.19. The molecule has 0 radical (unpaired) electrons. The van der Waals surface area contributed by atoms with Crippen molar-refractivity contribution in [2.75, 3.05) is 26.2 Å². The number of amides is 1. The third kappa shape index (κ3) is 4.14. The number of rotatable bonds is 8. The summed E-state index contributed by atoms with van der Waals surface area (Å²) in [5.41, 5.74) is 1.77. The van der Waals surface area contributed by atoms with Gasteiger partial charge in [-0.3, -0.25) is 9.78 Å². The van der Waals surface area contributed by atoms with Crippen LogP contribution in [0.3, 0.4) is 0 Å². The van der Waals surface area contributed by atoms with Crippen molar-refractivity contribution < 1.29 is 27.4 Å². The number of carbonyl (C=O) groups excluding carboxylic acids is 1. The van der Waals surface area contributed by atoms with Gasteiger partial charge in [-0.1, -0.05) is 12.1 Å². The second kappa shape index (κ2) is 8.56. The summed E-state index contributed by atoms with van der Waals surface area (Å²) in [4.78, 5) is 17.8. The van der Waals surface area contributed by atoms with Crippen LogP contribution in [0.2, 0.25) is 0 Å². The van der Waals surface area contributed by atoms with Crippen molar-refractivity contribution in [2.45, 2.75) is 11.4 Å². The molecule has 0 atom stereocenters. The molecule has 1 amide bonds.